The zero-order chi connectivity index (χ0) is 11.4. The summed E-state index contributed by atoms with van der Waals surface area (Å²) >= 11 is 0. The van der Waals surface area contributed by atoms with E-state index in [1.165, 1.54) is 6.07 Å². The van der Waals surface area contributed by atoms with E-state index < -0.39 is 0 Å². The fourth-order valence-corrected chi connectivity index (χ4v) is 1.81. The molecule has 0 aliphatic carbocycles. The Morgan fingerprint density at radius 2 is 2.56 bits per heavy atom. The number of hydrogen-bond acceptors (Lipinski definition) is 4. The van der Waals surface area contributed by atoms with E-state index in [4.69, 9.17) is 4.74 Å². The van der Waals surface area contributed by atoms with E-state index in [0.717, 1.165) is 25.9 Å². The van der Waals surface area contributed by atoms with Crippen molar-refractivity contribution in [2.75, 3.05) is 18.5 Å². The minimum Gasteiger partial charge on any atom is -0.379 e. The van der Waals surface area contributed by atoms with Crippen LogP contribution in [0.15, 0.2) is 10.9 Å². The predicted octanol–water partition coefficient (Wildman–Crippen LogP) is 0.923. The molecule has 5 nitrogen and oxygen atoms in total. The minimum absolute atomic E-state index is 0.105. The van der Waals surface area contributed by atoms with Gasteiger partial charge in [0.25, 0.3) is 5.56 Å². The highest BCUT2D eigenvalue weighted by atomic mass is 16.5. The number of H-pyrrole nitrogens is 1. The van der Waals surface area contributed by atoms with Crippen molar-refractivity contribution in [1.29, 1.82) is 0 Å². The maximum Gasteiger partial charge on any atom is 0.252 e. The Balaban J connectivity index is 2.07. The second-order valence-electron chi connectivity index (χ2n) is 3.99. The van der Waals surface area contributed by atoms with E-state index in [0.29, 0.717) is 18.2 Å². The third kappa shape index (κ3) is 2.82. The summed E-state index contributed by atoms with van der Waals surface area (Å²) in [5, 5.41) is 3.24. The van der Waals surface area contributed by atoms with Crippen molar-refractivity contribution in [3.05, 3.63) is 22.2 Å². The number of aryl methyl sites for hydroxylation is 1. The highest BCUT2D eigenvalue weighted by Gasteiger charge is 2.14. The Morgan fingerprint density at radius 1 is 1.69 bits per heavy atom. The van der Waals surface area contributed by atoms with E-state index in [-0.39, 0.29) is 11.6 Å². The molecule has 0 radical (unpaired) electrons. The number of nitrogens with one attached hydrogen (secondary N) is 2. The van der Waals surface area contributed by atoms with Gasteiger partial charge in [0.1, 0.15) is 11.6 Å². The van der Waals surface area contributed by atoms with E-state index in [1.54, 1.807) is 0 Å². The average Bonchev–Trinajstić information content (AvgIpc) is 2.29. The fourth-order valence-electron chi connectivity index (χ4n) is 1.81. The Bertz CT molecular complexity index is 396. The van der Waals surface area contributed by atoms with Crippen molar-refractivity contribution in [1.82, 2.24) is 9.97 Å². The van der Waals surface area contributed by atoms with Crippen LogP contribution >= 0.6 is 0 Å². The molecule has 2 heterocycles. The van der Waals surface area contributed by atoms with Gasteiger partial charge in [-0.3, -0.25) is 4.79 Å². The lowest BCUT2D eigenvalue weighted by atomic mass is 10.1. The van der Waals surface area contributed by atoms with Crippen LogP contribution in [0.25, 0.3) is 0 Å². The van der Waals surface area contributed by atoms with Gasteiger partial charge in [-0.25, -0.2) is 4.98 Å². The van der Waals surface area contributed by atoms with Crippen molar-refractivity contribution < 1.29 is 4.74 Å². The number of rotatable bonds is 3. The SMILES string of the molecule is CCc1nc(NC2CCCOC2)cc(=O)[nH]1. The van der Waals surface area contributed by atoms with Crippen LogP contribution in [0, 0.1) is 0 Å². The quantitative estimate of drug-likeness (QED) is 0.799. The van der Waals surface area contributed by atoms with Crippen molar-refractivity contribution in [2.24, 2.45) is 0 Å². The average molecular weight is 223 g/mol. The molecule has 1 aromatic heterocycles. The first-order valence-corrected chi connectivity index (χ1v) is 5.72. The molecule has 0 spiro atoms. The normalized spacial score (nSPS) is 20.7. The van der Waals surface area contributed by atoms with Gasteiger partial charge in [0.15, 0.2) is 0 Å². The lowest BCUT2D eigenvalue weighted by molar-refractivity contribution is 0.0875. The van der Waals surface area contributed by atoms with Gasteiger partial charge in [0.05, 0.1) is 12.6 Å². The second kappa shape index (κ2) is 5.12. The number of aromatic nitrogens is 2. The summed E-state index contributed by atoms with van der Waals surface area (Å²) in [6, 6.07) is 1.76. The van der Waals surface area contributed by atoms with E-state index in [2.05, 4.69) is 15.3 Å². The van der Waals surface area contributed by atoms with Gasteiger partial charge in [0, 0.05) is 19.1 Å². The molecule has 0 bridgehead atoms. The number of anilines is 1. The highest BCUT2D eigenvalue weighted by molar-refractivity contribution is 5.34. The molecule has 1 fully saturated rings. The first-order chi connectivity index (χ1) is 7.78. The zero-order valence-electron chi connectivity index (χ0n) is 9.45. The maximum atomic E-state index is 11.3. The van der Waals surface area contributed by atoms with E-state index in [1.807, 2.05) is 6.92 Å². The van der Waals surface area contributed by atoms with Crippen LogP contribution in [0.2, 0.25) is 0 Å². The number of aromatic amines is 1. The molecule has 2 N–H and O–H groups in total. The molecule has 2 rings (SSSR count). The molecule has 1 saturated heterocycles. The van der Waals surface area contributed by atoms with Crippen LogP contribution in [-0.4, -0.2) is 29.2 Å². The molecule has 0 aromatic carbocycles. The molecular formula is C11H17N3O2. The standard InChI is InChI=1S/C11H17N3O2/c1-2-9-13-10(6-11(15)14-9)12-8-4-3-5-16-7-8/h6,8H,2-5,7H2,1H3,(H2,12,13,14,15). The van der Waals surface area contributed by atoms with Gasteiger partial charge >= 0.3 is 0 Å². The molecule has 1 aliphatic heterocycles. The monoisotopic (exact) mass is 223 g/mol. The number of nitrogens with zero attached hydrogens (tertiary/aromatic N) is 1. The highest BCUT2D eigenvalue weighted by Crippen LogP contribution is 2.11. The topological polar surface area (TPSA) is 67.0 Å². The lowest BCUT2D eigenvalue weighted by Crippen LogP contribution is -2.31. The third-order valence-electron chi connectivity index (χ3n) is 2.64. The van der Waals surface area contributed by atoms with Crippen molar-refractivity contribution in [3.63, 3.8) is 0 Å². The fraction of sp³-hybridized carbons (Fsp3) is 0.636. The Hall–Kier alpha value is -1.36. The molecule has 0 saturated carbocycles. The maximum absolute atomic E-state index is 11.3. The molecule has 5 heteroatoms. The molecule has 1 atom stereocenters. The summed E-state index contributed by atoms with van der Waals surface area (Å²) in [5.74, 6) is 1.36. The third-order valence-corrected chi connectivity index (χ3v) is 2.64. The van der Waals surface area contributed by atoms with Gasteiger partial charge in [-0.2, -0.15) is 0 Å². The summed E-state index contributed by atoms with van der Waals surface area (Å²) in [6.45, 7) is 3.49. The first-order valence-electron chi connectivity index (χ1n) is 5.72. The Labute approximate surface area is 94.2 Å². The Morgan fingerprint density at radius 3 is 3.25 bits per heavy atom. The molecular weight excluding hydrogens is 206 g/mol. The van der Waals surface area contributed by atoms with Crippen LogP contribution < -0.4 is 10.9 Å². The second-order valence-corrected chi connectivity index (χ2v) is 3.99. The zero-order valence-corrected chi connectivity index (χ0v) is 9.45. The Kier molecular flexibility index (Phi) is 3.56. The predicted molar refractivity (Wildman–Crippen MR) is 61.7 cm³/mol. The van der Waals surface area contributed by atoms with Crippen LogP contribution in [0.4, 0.5) is 5.82 Å². The van der Waals surface area contributed by atoms with Gasteiger partial charge in [0.2, 0.25) is 0 Å². The van der Waals surface area contributed by atoms with Crippen molar-refractivity contribution in [2.45, 2.75) is 32.2 Å². The molecule has 1 unspecified atom stereocenters. The van der Waals surface area contributed by atoms with Crippen LogP contribution in [0.1, 0.15) is 25.6 Å². The van der Waals surface area contributed by atoms with Crippen molar-refractivity contribution in [3.8, 4) is 0 Å². The van der Waals surface area contributed by atoms with Crippen LogP contribution in [-0.2, 0) is 11.2 Å². The van der Waals surface area contributed by atoms with E-state index >= 15 is 0 Å². The summed E-state index contributed by atoms with van der Waals surface area (Å²) in [4.78, 5) is 18.4. The van der Waals surface area contributed by atoms with Gasteiger partial charge in [-0.15, -0.1) is 0 Å². The van der Waals surface area contributed by atoms with Gasteiger partial charge in [-0.05, 0) is 12.8 Å². The molecule has 1 aromatic rings. The minimum atomic E-state index is -0.105. The number of ether oxygens (including phenoxy) is 1. The van der Waals surface area contributed by atoms with Gasteiger partial charge < -0.3 is 15.0 Å². The summed E-state index contributed by atoms with van der Waals surface area (Å²) in [5.41, 5.74) is -0.105. The van der Waals surface area contributed by atoms with Crippen LogP contribution in [0.3, 0.4) is 0 Å². The van der Waals surface area contributed by atoms with E-state index in [9.17, 15) is 4.79 Å². The van der Waals surface area contributed by atoms with Crippen molar-refractivity contribution >= 4 is 5.82 Å². The van der Waals surface area contributed by atoms with Crippen LogP contribution in [0.5, 0.6) is 0 Å². The summed E-state index contributed by atoms with van der Waals surface area (Å²) < 4.78 is 5.36. The molecule has 1 aliphatic rings. The lowest BCUT2D eigenvalue weighted by Gasteiger charge is -2.23. The smallest absolute Gasteiger partial charge is 0.252 e. The molecule has 0 amide bonds. The summed E-state index contributed by atoms with van der Waals surface area (Å²) in [6.07, 6.45) is 2.85. The first kappa shape index (κ1) is 11.1. The largest absolute Gasteiger partial charge is 0.379 e. The number of hydrogen-bond donors (Lipinski definition) is 2. The van der Waals surface area contributed by atoms with Gasteiger partial charge in [-0.1, -0.05) is 6.92 Å². The summed E-state index contributed by atoms with van der Waals surface area (Å²) in [7, 11) is 0. The molecule has 16 heavy (non-hydrogen) atoms. The molecule has 88 valence electrons.